The number of hydrogen-bond donors (Lipinski definition) is 0. The molecular formula is C24H29NO5. The van der Waals surface area contributed by atoms with Crippen molar-refractivity contribution in [3.63, 3.8) is 0 Å². The van der Waals surface area contributed by atoms with E-state index in [-0.39, 0.29) is 11.7 Å². The van der Waals surface area contributed by atoms with Crippen molar-refractivity contribution in [3.05, 3.63) is 51.3 Å². The minimum absolute atomic E-state index is 0.00873. The average molecular weight is 411 g/mol. The first kappa shape index (κ1) is 19.8. The minimum Gasteiger partial charge on any atom is -0.490 e. The highest BCUT2D eigenvalue weighted by Gasteiger charge is 2.24. The monoisotopic (exact) mass is 411 g/mol. The lowest BCUT2D eigenvalue weighted by Crippen LogP contribution is -2.34. The van der Waals surface area contributed by atoms with E-state index in [9.17, 15) is 4.79 Å². The van der Waals surface area contributed by atoms with Crippen molar-refractivity contribution in [1.82, 2.24) is 4.57 Å². The zero-order chi connectivity index (χ0) is 20.5. The molecule has 1 aromatic carbocycles. The lowest BCUT2D eigenvalue weighted by atomic mass is 9.86. The molecule has 3 aliphatic heterocycles. The maximum Gasteiger partial charge on any atom is 0.254 e. The molecule has 2 fully saturated rings. The molecule has 30 heavy (non-hydrogen) atoms. The van der Waals surface area contributed by atoms with E-state index in [2.05, 4.69) is 18.2 Å². The molecule has 0 N–H and O–H groups in total. The Morgan fingerprint density at radius 1 is 1.10 bits per heavy atom. The van der Waals surface area contributed by atoms with Gasteiger partial charge < -0.3 is 23.5 Å². The van der Waals surface area contributed by atoms with Crippen LogP contribution in [0.4, 0.5) is 0 Å². The number of hydrogen-bond acceptors (Lipinski definition) is 5. The highest BCUT2D eigenvalue weighted by atomic mass is 16.6. The molecule has 160 valence electrons. The van der Waals surface area contributed by atoms with Crippen molar-refractivity contribution in [2.45, 2.75) is 44.8 Å². The third-order valence-corrected chi connectivity index (χ3v) is 6.51. The highest BCUT2D eigenvalue weighted by Crippen LogP contribution is 2.37. The molecule has 2 aromatic rings. The Hall–Kier alpha value is -2.15. The molecule has 5 rings (SSSR count). The van der Waals surface area contributed by atoms with Crippen LogP contribution < -0.4 is 10.3 Å². The zero-order valence-corrected chi connectivity index (χ0v) is 17.5. The molecule has 0 spiro atoms. The zero-order valence-electron chi connectivity index (χ0n) is 17.5. The second kappa shape index (κ2) is 8.53. The SMILES string of the molecule is Cc1c(OC[C@@H]2COCCO2)cc(=O)n2c1-c1ccc(C3CCOCC3)cc1CC2. The number of aromatic nitrogens is 1. The van der Waals surface area contributed by atoms with Crippen LogP contribution in [0.3, 0.4) is 0 Å². The van der Waals surface area contributed by atoms with Crippen LogP contribution in [0, 0.1) is 6.92 Å². The van der Waals surface area contributed by atoms with Crippen molar-refractivity contribution in [3.8, 4) is 17.0 Å². The largest absolute Gasteiger partial charge is 0.490 e. The molecule has 0 saturated carbocycles. The normalized spacial score (nSPS) is 21.7. The number of fused-ring (bicyclic) bond motifs is 3. The molecular weight excluding hydrogens is 382 g/mol. The van der Waals surface area contributed by atoms with Gasteiger partial charge in [0.1, 0.15) is 18.5 Å². The first-order chi connectivity index (χ1) is 14.7. The van der Waals surface area contributed by atoms with Crippen molar-refractivity contribution >= 4 is 0 Å². The number of nitrogens with zero attached hydrogens (tertiary/aromatic N) is 1. The van der Waals surface area contributed by atoms with Crippen molar-refractivity contribution in [2.75, 3.05) is 39.6 Å². The van der Waals surface area contributed by atoms with Gasteiger partial charge in [-0.15, -0.1) is 0 Å². The van der Waals surface area contributed by atoms with Gasteiger partial charge in [0, 0.05) is 37.0 Å². The van der Waals surface area contributed by atoms with Gasteiger partial charge in [-0.25, -0.2) is 0 Å². The summed E-state index contributed by atoms with van der Waals surface area (Å²) in [4.78, 5) is 12.8. The number of rotatable bonds is 4. The first-order valence-electron chi connectivity index (χ1n) is 11.0. The maximum absolute atomic E-state index is 12.8. The Morgan fingerprint density at radius 2 is 1.97 bits per heavy atom. The van der Waals surface area contributed by atoms with Gasteiger partial charge in [0.15, 0.2) is 0 Å². The molecule has 0 radical (unpaired) electrons. The maximum atomic E-state index is 12.8. The fourth-order valence-electron chi connectivity index (χ4n) is 4.83. The summed E-state index contributed by atoms with van der Waals surface area (Å²) < 4.78 is 24.5. The van der Waals surface area contributed by atoms with E-state index >= 15 is 0 Å². The van der Waals surface area contributed by atoms with Gasteiger partial charge in [-0.2, -0.15) is 0 Å². The summed E-state index contributed by atoms with van der Waals surface area (Å²) in [6.45, 7) is 6.57. The van der Waals surface area contributed by atoms with Gasteiger partial charge >= 0.3 is 0 Å². The van der Waals surface area contributed by atoms with Gasteiger partial charge in [-0.3, -0.25) is 4.79 Å². The van der Waals surface area contributed by atoms with Crippen LogP contribution in [0.15, 0.2) is 29.1 Å². The molecule has 2 saturated heterocycles. The van der Waals surface area contributed by atoms with Gasteiger partial charge in [0.2, 0.25) is 0 Å². The van der Waals surface area contributed by atoms with E-state index in [1.807, 2.05) is 11.5 Å². The van der Waals surface area contributed by atoms with E-state index in [4.69, 9.17) is 18.9 Å². The summed E-state index contributed by atoms with van der Waals surface area (Å²) in [6.07, 6.45) is 2.95. The molecule has 6 heteroatoms. The second-order valence-corrected chi connectivity index (χ2v) is 8.40. The molecule has 0 aliphatic carbocycles. The lowest BCUT2D eigenvalue weighted by molar-refractivity contribution is -0.101. The summed E-state index contributed by atoms with van der Waals surface area (Å²) in [6, 6.07) is 8.39. The molecule has 1 atom stereocenters. The quantitative estimate of drug-likeness (QED) is 0.774. The molecule has 0 amide bonds. The topological polar surface area (TPSA) is 58.9 Å². The molecule has 0 bridgehead atoms. The first-order valence-corrected chi connectivity index (χ1v) is 11.0. The third-order valence-electron chi connectivity index (χ3n) is 6.51. The summed E-state index contributed by atoms with van der Waals surface area (Å²) in [5.41, 5.74) is 5.85. The Balaban J connectivity index is 1.45. The molecule has 3 aliphatic rings. The lowest BCUT2D eigenvalue weighted by Gasteiger charge is -2.28. The Bertz CT molecular complexity index is 970. The van der Waals surface area contributed by atoms with Gasteiger partial charge in [0.05, 0.1) is 25.5 Å². The minimum atomic E-state index is -0.0914. The van der Waals surface area contributed by atoms with E-state index in [1.54, 1.807) is 6.07 Å². The average Bonchev–Trinajstić information content (AvgIpc) is 2.80. The van der Waals surface area contributed by atoms with E-state index in [0.29, 0.717) is 44.6 Å². The highest BCUT2D eigenvalue weighted by molar-refractivity contribution is 5.71. The third kappa shape index (κ3) is 3.80. The van der Waals surface area contributed by atoms with Gasteiger partial charge in [-0.05, 0) is 43.2 Å². The summed E-state index contributed by atoms with van der Waals surface area (Å²) >= 11 is 0. The van der Waals surface area contributed by atoms with E-state index in [0.717, 1.165) is 49.3 Å². The fraction of sp³-hybridized carbons (Fsp3) is 0.542. The van der Waals surface area contributed by atoms with Crippen LogP contribution in [0.1, 0.15) is 35.4 Å². The van der Waals surface area contributed by atoms with Gasteiger partial charge in [0.25, 0.3) is 5.56 Å². The summed E-state index contributed by atoms with van der Waals surface area (Å²) in [5.74, 6) is 1.21. The van der Waals surface area contributed by atoms with Crippen LogP contribution in [-0.2, 0) is 27.2 Å². The van der Waals surface area contributed by atoms with Crippen LogP contribution in [0.25, 0.3) is 11.3 Å². The van der Waals surface area contributed by atoms with Crippen LogP contribution in [-0.4, -0.2) is 50.3 Å². The molecule has 0 unspecified atom stereocenters. The molecule has 1 aromatic heterocycles. The Kier molecular flexibility index (Phi) is 5.63. The second-order valence-electron chi connectivity index (χ2n) is 8.40. The Morgan fingerprint density at radius 3 is 2.77 bits per heavy atom. The van der Waals surface area contributed by atoms with Crippen LogP contribution in [0.2, 0.25) is 0 Å². The predicted octanol–water partition coefficient (Wildman–Crippen LogP) is 3.07. The van der Waals surface area contributed by atoms with E-state index in [1.165, 1.54) is 11.1 Å². The van der Waals surface area contributed by atoms with Crippen LogP contribution in [0.5, 0.6) is 5.75 Å². The number of pyridine rings is 1. The summed E-state index contributed by atoms with van der Waals surface area (Å²) in [5, 5.41) is 0. The molecule has 4 heterocycles. The standard InChI is InChI=1S/C24H29NO5/c1-16-22(30-15-20-14-28-10-11-29-20)13-23(26)25-7-4-19-12-18(2-3-21(19)24(16)25)17-5-8-27-9-6-17/h2-3,12-13,17,20H,4-11,14-15H2,1H3/t20-/m0/s1. The van der Waals surface area contributed by atoms with Crippen molar-refractivity contribution < 1.29 is 18.9 Å². The Labute approximate surface area is 176 Å². The summed E-state index contributed by atoms with van der Waals surface area (Å²) in [7, 11) is 0. The molecule has 6 nitrogen and oxygen atoms in total. The van der Waals surface area contributed by atoms with Crippen LogP contribution >= 0.6 is 0 Å². The fourth-order valence-corrected chi connectivity index (χ4v) is 4.83. The van der Waals surface area contributed by atoms with E-state index < -0.39 is 0 Å². The predicted molar refractivity (Wildman–Crippen MR) is 113 cm³/mol. The number of ether oxygens (including phenoxy) is 4. The van der Waals surface area contributed by atoms with Gasteiger partial charge in [-0.1, -0.05) is 18.2 Å². The number of benzene rings is 1. The van der Waals surface area contributed by atoms with Crippen molar-refractivity contribution in [2.24, 2.45) is 0 Å². The number of aryl methyl sites for hydroxylation is 1. The smallest absolute Gasteiger partial charge is 0.254 e. The van der Waals surface area contributed by atoms with Crippen molar-refractivity contribution in [1.29, 1.82) is 0 Å².